The van der Waals surface area contributed by atoms with Crippen LogP contribution in [0.25, 0.3) is 22.4 Å². The molecule has 0 bridgehead atoms. The molecule has 1 aromatic heterocycles. The molecule has 142 valence electrons. The number of amides is 1. The van der Waals surface area contributed by atoms with Crippen molar-refractivity contribution in [3.8, 4) is 22.4 Å². The van der Waals surface area contributed by atoms with Crippen LogP contribution in [0.5, 0.6) is 0 Å². The second-order valence-corrected chi connectivity index (χ2v) is 8.19. The van der Waals surface area contributed by atoms with Crippen molar-refractivity contribution in [3.05, 3.63) is 95.9 Å². The Morgan fingerprint density at radius 3 is 2.17 bits per heavy atom. The lowest BCUT2D eigenvalue weighted by molar-refractivity contribution is -0.117. The third-order valence-corrected chi connectivity index (χ3v) is 6.13. The first kappa shape index (κ1) is 17.8. The zero-order valence-corrected chi connectivity index (χ0v) is 16.6. The molecule has 1 amide bonds. The van der Waals surface area contributed by atoms with Crippen LogP contribution in [0.1, 0.15) is 17.9 Å². The first-order chi connectivity index (χ1) is 14.3. The molecule has 0 saturated heterocycles. The van der Waals surface area contributed by atoms with Gasteiger partial charge in [-0.15, -0.1) is 11.3 Å². The average Bonchev–Trinajstić information content (AvgIpc) is 3.47. The van der Waals surface area contributed by atoms with E-state index in [1.807, 2.05) is 41.8 Å². The molecule has 2 atom stereocenters. The van der Waals surface area contributed by atoms with Crippen LogP contribution in [-0.4, -0.2) is 10.9 Å². The number of nitrogens with one attached hydrogen (secondary N) is 1. The highest BCUT2D eigenvalue weighted by atomic mass is 32.1. The predicted octanol–water partition coefficient (Wildman–Crippen LogP) is 6.22. The molecule has 1 heterocycles. The predicted molar refractivity (Wildman–Crippen MR) is 119 cm³/mol. The summed E-state index contributed by atoms with van der Waals surface area (Å²) >= 11 is 1.47. The van der Waals surface area contributed by atoms with Gasteiger partial charge in [0.1, 0.15) is 0 Å². The van der Waals surface area contributed by atoms with Gasteiger partial charge in [0.25, 0.3) is 0 Å². The summed E-state index contributed by atoms with van der Waals surface area (Å²) in [6, 6.07) is 28.9. The standard InChI is InChI=1S/C25H20N2OS/c28-24(22-15-21(22)19-9-5-2-6-10-19)27-25-26-23(16-29-25)20-13-11-18(12-14-20)17-7-3-1-4-8-17/h1-14,16,21-22H,15H2,(H,26,27,28). The quantitative estimate of drug-likeness (QED) is 0.435. The summed E-state index contributed by atoms with van der Waals surface area (Å²) < 4.78 is 0. The molecule has 1 N–H and O–H groups in total. The first-order valence-electron chi connectivity index (χ1n) is 9.75. The molecule has 4 heteroatoms. The van der Waals surface area contributed by atoms with Crippen molar-refractivity contribution >= 4 is 22.4 Å². The molecule has 0 radical (unpaired) electrons. The van der Waals surface area contributed by atoms with Crippen LogP contribution in [0.3, 0.4) is 0 Å². The van der Waals surface area contributed by atoms with Gasteiger partial charge in [-0.2, -0.15) is 0 Å². The molecule has 1 aliphatic rings. The number of benzene rings is 3. The van der Waals surface area contributed by atoms with Gasteiger partial charge < -0.3 is 5.32 Å². The van der Waals surface area contributed by atoms with E-state index in [9.17, 15) is 4.79 Å². The first-order valence-corrected chi connectivity index (χ1v) is 10.6. The largest absolute Gasteiger partial charge is 0.302 e. The van der Waals surface area contributed by atoms with Crippen molar-refractivity contribution in [1.29, 1.82) is 0 Å². The summed E-state index contributed by atoms with van der Waals surface area (Å²) in [6.07, 6.45) is 0.912. The van der Waals surface area contributed by atoms with Gasteiger partial charge in [-0.1, -0.05) is 84.9 Å². The molecule has 1 fully saturated rings. The second-order valence-electron chi connectivity index (χ2n) is 7.33. The van der Waals surface area contributed by atoms with Crippen molar-refractivity contribution in [1.82, 2.24) is 4.98 Å². The van der Waals surface area contributed by atoms with Crippen LogP contribution in [0.15, 0.2) is 90.3 Å². The van der Waals surface area contributed by atoms with Crippen LogP contribution < -0.4 is 5.32 Å². The lowest BCUT2D eigenvalue weighted by Gasteiger charge is -2.03. The highest BCUT2D eigenvalue weighted by Crippen LogP contribution is 2.48. The van der Waals surface area contributed by atoms with Crippen molar-refractivity contribution in [3.63, 3.8) is 0 Å². The summed E-state index contributed by atoms with van der Waals surface area (Å²) in [4.78, 5) is 17.2. The Morgan fingerprint density at radius 1 is 0.828 bits per heavy atom. The summed E-state index contributed by atoms with van der Waals surface area (Å²) in [5, 5.41) is 5.66. The normalized spacial score (nSPS) is 17.7. The monoisotopic (exact) mass is 396 g/mol. The Morgan fingerprint density at radius 2 is 1.45 bits per heavy atom. The van der Waals surface area contributed by atoms with Crippen LogP contribution in [0.4, 0.5) is 5.13 Å². The van der Waals surface area contributed by atoms with E-state index in [1.165, 1.54) is 28.0 Å². The van der Waals surface area contributed by atoms with Crippen molar-refractivity contribution in [2.45, 2.75) is 12.3 Å². The number of hydrogen-bond donors (Lipinski definition) is 1. The Labute approximate surface area is 174 Å². The third kappa shape index (κ3) is 3.84. The molecule has 2 unspecified atom stereocenters. The smallest absolute Gasteiger partial charge is 0.229 e. The van der Waals surface area contributed by atoms with E-state index in [1.54, 1.807) is 0 Å². The number of rotatable bonds is 5. The molecule has 5 rings (SSSR count). The minimum Gasteiger partial charge on any atom is -0.302 e. The molecule has 3 nitrogen and oxygen atoms in total. The van der Waals surface area contributed by atoms with E-state index < -0.39 is 0 Å². The molecule has 3 aromatic carbocycles. The summed E-state index contributed by atoms with van der Waals surface area (Å²) in [7, 11) is 0. The number of anilines is 1. The number of thiazole rings is 1. The van der Waals surface area contributed by atoms with E-state index in [0.29, 0.717) is 11.0 Å². The Kier molecular flexibility index (Phi) is 4.70. The van der Waals surface area contributed by atoms with Crippen LogP contribution in [0.2, 0.25) is 0 Å². The minimum absolute atomic E-state index is 0.0508. The molecular weight excluding hydrogens is 376 g/mol. The fraction of sp³-hybridized carbons (Fsp3) is 0.120. The van der Waals surface area contributed by atoms with Gasteiger partial charge in [-0.25, -0.2) is 4.98 Å². The fourth-order valence-electron chi connectivity index (χ4n) is 3.68. The van der Waals surface area contributed by atoms with Crippen LogP contribution in [0, 0.1) is 5.92 Å². The number of nitrogens with zero attached hydrogens (tertiary/aromatic N) is 1. The van der Waals surface area contributed by atoms with Crippen LogP contribution in [-0.2, 0) is 4.79 Å². The van der Waals surface area contributed by atoms with E-state index in [2.05, 4.69) is 58.8 Å². The van der Waals surface area contributed by atoms with Gasteiger partial charge in [-0.05, 0) is 29.0 Å². The minimum atomic E-state index is 0.0508. The number of carbonyl (C=O) groups excluding carboxylic acids is 1. The third-order valence-electron chi connectivity index (χ3n) is 5.38. The number of hydrogen-bond acceptors (Lipinski definition) is 3. The van der Waals surface area contributed by atoms with Gasteiger partial charge in [0.15, 0.2) is 5.13 Å². The van der Waals surface area contributed by atoms with E-state index in [4.69, 9.17) is 0 Å². The van der Waals surface area contributed by atoms with Gasteiger partial charge in [0.2, 0.25) is 5.91 Å². The van der Waals surface area contributed by atoms with Gasteiger partial charge in [-0.3, -0.25) is 4.79 Å². The molecule has 1 saturated carbocycles. The summed E-state index contributed by atoms with van der Waals surface area (Å²) in [5.41, 5.74) is 5.56. The zero-order valence-electron chi connectivity index (χ0n) is 15.8. The maximum absolute atomic E-state index is 12.6. The van der Waals surface area contributed by atoms with Crippen LogP contribution >= 0.6 is 11.3 Å². The molecular formula is C25H20N2OS. The molecule has 0 aliphatic heterocycles. The number of carbonyl (C=O) groups is 1. The van der Waals surface area contributed by atoms with Gasteiger partial charge in [0, 0.05) is 16.9 Å². The van der Waals surface area contributed by atoms with E-state index in [0.717, 1.165) is 17.7 Å². The van der Waals surface area contributed by atoms with Gasteiger partial charge in [0.05, 0.1) is 5.69 Å². The number of aromatic nitrogens is 1. The van der Waals surface area contributed by atoms with E-state index in [-0.39, 0.29) is 11.8 Å². The fourth-order valence-corrected chi connectivity index (χ4v) is 4.40. The van der Waals surface area contributed by atoms with E-state index >= 15 is 0 Å². The maximum Gasteiger partial charge on any atom is 0.229 e. The molecule has 0 spiro atoms. The zero-order chi connectivity index (χ0) is 19.6. The highest BCUT2D eigenvalue weighted by molar-refractivity contribution is 7.14. The topological polar surface area (TPSA) is 42.0 Å². The van der Waals surface area contributed by atoms with Gasteiger partial charge >= 0.3 is 0 Å². The van der Waals surface area contributed by atoms with Crippen molar-refractivity contribution < 1.29 is 4.79 Å². The van der Waals surface area contributed by atoms with Crippen molar-refractivity contribution in [2.24, 2.45) is 5.92 Å². The molecule has 4 aromatic rings. The highest BCUT2D eigenvalue weighted by Gasteiger charge is 2.44. The SMILES string of the molecule is O=C(Nc1nc(-c2ccc(-c3ccccc3)cc2)cs1)C1CC1c1ccccc1. The average molecular weight is 397 g/mol. The molecule has 1 aliphatic carbocycles. The lowest BCUT2D eigenvalue weighted by atomic mass is 10.0. The lowest BCUT2D eigenvalue weighted by Crippen LogP contribution is -2.14. The maximum atomic E-state index is 12.6. The summed E-state index contributed by atoms with van der Waals surface area (Å²) in [5.74, 6) is 0.454. The second kappa shape index (κ2) is 7.64. The summed E-state index contributed by atoms with van der Waals surface area (Å²) in [6.45, 7) is 0. The van der Waals surface area contributed by atoms with Crippen molar-refractivity contribution in [2.75, 3.05) is 5.32 Å². The Hall–Kier alpha value is -3.24. The Bertz CT molecular complexity index is 1120. The molecule has 29 heavy (non-hydrogen) atoms. The Balaban J connectivity index is 1.25.